The second kappa shape index (κ2) is 8.35. The van der Waals surface area contributed by atoms with Crippen molar-refractivity contribution in [1.29, 1.82) is 0 Å². The summed E-state index contributed by atoms with van der Waals surface area (Å²) >= 11 is 1.57. The summed E-state index contributed by atoms with van der Waals surface area (Å²) in [5.74, 6) is 0.736. The van der Waals surface area contributed by atoms with Gasteiger partial charge in [-0.05, 0) is 61.9 Å². The largest absolute Gasteiger partial charge is 0.497 e. The van der Waals surface area contributed by atoms with Crippen LogP contribution < -0.4 is 15.4 Å². The number of fused-ring (bicyclic) bond motifs is 1. The second-order valence-corrected chi connectivity index (χ2v) is 8.67. The Balaban J connectivity index is 1.54. The van der Waals surface area contributed by atoms with Crippen LogP contribution in [0.15, 0.2) is 24.3 Å². The molecule has 0 aliphatic heterocycles. The van der Waals surface area contributed by atoms with Gasteiger partial charge in [0.2, 0.25) is 5.91 Å². The second-order valence-electron chi connectivity index (χ2n) is 7.57. The van der Waals surface area contributed by atoms with Gasteiger partial charge in [0.05, 0.1) is 12.7 Å². The highest BCUT2D eigenvalue weighted by Crippen LogP contribution is 2.40. The number of nitrogens with one attached hydrogen (secondary N) is 2. The molecule has 4 rings (SSSR count). The van der Waals surface area contributed by atoms with Crippen molar-refractivity contribution in [3.05, 3.63) is 40.3 Å². The minimum absolute atomic E-state index is 0.0677. The van der Waals surface area contributed by atoms with Crippen molar-refractivity contribution in [2.24, 2.45) is 5.92 Å². The van der Waals surface area contributed by atoms with E-state index in [1.54, 1.807) is 18.4 Å². The first-order valence-electron chi connectivity index (χ1n) is 10.1. The van der Waals surface area contributed by atoms with Crippen molar-refractivity contribution in [2.45, 2.75) is 51.4 Å². The van der Waals surface area contributed by atoms with Gasteiger partial charge in [-0.2, -0.15) is 0 Å². The molecule has 0 spiro atoms. The summed E-state index contributed by atoms with van der Waals surface area (Å²) in [5, 5.41) is 6.79. The van der Waals surface area contributed by atoms with Crippen LogP contribution in [0.2, 0.25) is 0 Å². The van der Waals surface area contributed by atoms with E-state index in [4.69, 9.17) is 4.74 Å². The molecule has 2 aromatic rings. The molecule has 0 radical (unpaired) electrons. The topological polar surface area (TPSA) is 67.4 Å². The average molecular weight is 399 g/mol. The third-order valence-corrected chi connectivity index (χ3v) is 6.92. The molecule has 5 nitrogen and oxygen atoms in total. The van der Waals surface area contributed by atoms with Crippen LogP contribution in [-0.4, -0.2) is 18.9 Å². The molecule has 1 heterocycles. The number of aryl methyl sites for hydroxylation is 1. The van der Waals surface area contributed by atoms with E-state index in [9.17, 15) is 9.59 Å². The highest BCUT2D eigenvalue weighted by molar-refractivity contribution is 7.17. The monoisotopic (exact) mass is 398 g/mol. The summed E-state index contributed by atoms with van der Waals surface area (Å²) in [6.45, 7) is 0. The molecule has 0 bridgehead atoms. The van der Waals surface area contributed by atoms with Gasteiger partial charge < -0.3 is 15.4 Å². The number of hydrogen-bond donors (Lipinski definition) is 2. The molecule has 28 heavy (non-hydrogen) atoms. The Morgan fingerprint density at radius 2 is 1.75 bits per heavy atom. The van der Waals surface area contributed by atoms with Gasteiger partial charge in [0.15, 0.2) is 0 Å². The first-order chi connectivity index (χ1) is 13.7. The Morgan fingerprint density at radius 1 is 1.00 bits per heavy atom. The SMILES string of the molecule is COc1ccc(NC(=O)c2c(NC(=O)C3CCCCC3)sc3c2CCC3)cc1. The molecule has 2 aliphatic rings. The lowest BCUT2D eigenvalue weighted by atomic mass is 9.89. The normalized spacial score (nSPS) is 16.5. The maximum absolute atomic E-state index is 13.1. The first-order valence-corrected chi connectivity index (χ1v) is 10.9. The zero-order valence-corrected chi connectivity index (χ0v) is 17.0. The summed E-state index contributed by atoms with van der Waals surface area (Å²) in [6, 6.07) is 7.28. The van der Waals surface area contributed by atoms with Gasteiger partial charge in [0.25, 0.3) is 5.91 Å². The molecule has 0 saturated heterocycles. The Kier molecular flexibility index (Phi) is 5.67. The summed E-state index contributed by atoms with van der Waals surface area (Å²) < 4.78 is 5.17. The molecular weight excluding hydrogens is 372 g/mol. The lowest BCUT2D eigenvalue weighted by molar-refractivity contribution is -0.120. The van der Waals surface area contributed by atoms with Crippen LogP contribution in [0, 0.1) is 5.92 Å². The molecular formula is C22H26N2O3S. The maximum Gasteiger partial charge on any atom is 0.258 e. The Labute approximate surface area is 169 Å². The molecule has 1 aromatic heterocycles. The number of benzene rings is 1. The number of amides is 2. The number of carbonyl (C=O) groups is 2. The van der Waals surface area contributed by atoms with Crippen LogP contribution in [0.4, 0.5) is 10.7 Å². The van der Waals surface area contributed by atoms with Gasteiger partial charge in [-0.3, -0.25) is 9.59 Å². The third kappa shape index (κ3) is 3.92. The number of ether oxygens (including phenoxy) is 1. The van der Waals surface area contributed by atoms with E-state index in [0.29, 0.717) is 16.3 Å². The molecule has 1 fully saturated rings. The van der Waals surface area contributed by atoms with Crippen molar-refractivity contribution in [3.63, 3.8) is 0 Å². The standard InChI is InChI=1S/C22H26N2O3S/c1-27-16-12-10-15(11-13-16)23-21(26)19-17-8-5-9-18(17)28-22(19)24-20(25)14-6-3-2-4-7-14/h10-14H,2-9H2,1H3,(H,23,26)(H,24,25). The van der Waals surface area contributed by atoms with Crippen LogP contribution in [0.3, 0.4) is 0 Å². The summed E-state index contributed by atoms with van der Waals surface area (Å²) in [6.07, 6.45) is 8.30. The zero-order valence-electron chi connectivity index (χ0n) is 16.2. The number of methoxy groups -OCH3 is 1. The molecule has 0 unspecified atom stereocenters. The van der Waals surface area contributed by atoms with Crippen molar-refractivity contribution in [1.82, 2.24) is 0 Å². The summed E-state index contributed by atoms with van der Waals surface area (Å²) in [5.41, 5.74) is 2.47. The lowest BCUT2D eigenvalue weighted by Crippen LogP contribution is -2.25. The van der Waals surface area contributed by atoms with Gasteiger partial charge >= 0.3 is 0 Å². The van der Waals surface area contributed by atoms with E-state index in [1.807, 2.05) is 24.3 Å². The minimum atomic E-state index is -0.150. The van der Waals surface area contributed by atoms with Gasteiger partial charge in [0, 0.05) is 16.5 Å². The van der Waals surface area contributed by atoms with Crippen LogP contribution in [-0.2, 0) is 17.6 Å². The molecule has 2 amide bonds. The van der Waals surface area contributed by atoms with Crippen LogP contribution >= 0.6 is 11.3 Å². The number of hydrogen-bond acceptors (Lipinski definition) is 4. The fraction of sp³-hybridized carbons (Fsp3) is 0.455. The highest BCUT2D eigenvalue weighted by Gasteiger charge is 2.29. The Bertz CT molecular complexity index is 867. The van der Waals surface area contributed by atoms with E-state index in [0.717, 1.165) is 56.3 Å². The fourth-order valence-corrected chi connectivity index (χ4v) is 5.47. The quantitative estimate of drug-likeness (QED) is 0.743. The van der Waals surface area contributed by atoms with Gasteiger partial charge in [-0.15, -0.1) is 11.3 Å². The van der Waals surface area contributed by atoms with Crippen molar-refractivity contribution < 1.29 is 14.3 Å². The first kappa shape index (κ1) is 19.0. The summed E-state index contributed by atoms with van der Waals surface area (Å²) in [7, 11) is 1.61. The van der Waals surface area contributed by atoms with Crippen molar-refractivity contribution >= 4 is 33.8 Å². The predicted octanol–water partition coefficient (Wildman–Crippen LogP) is 5.02. The molecule has 2 N–H and O–H groups in total. The molecule has 0 atom stereocenters. The van der Waals surface area contributed by atoms with Gasteiger partial charge in [0.1, 0.15) is 10.8 Å². The predicted molar refractivity (Wildman–Crippen MR) is 112 cm³/mol. The van der Waals surface area contributed by atoms with Crippen molar-refractivity contribution in [3.8, 4) is 5.75 Å². The average Bonchev–Trinajstić information content (AvgIpc) is 3.30. The maximum atomic E-state index is 13.1. The molecule has 148 valence electrons. The number of thiophene rings is 1. The number of carbonyl (C=O) groups excluding carboxylic acids is 2. The Morgan fingerprint density at radius 3 is 2.46 bits per heavy atom. The molecule has 6 heteroatoms. The van der Waals surface area contributed by atoms with Crippen LogP contribution in [0.25, 0.3) is 0 Å². The van der Waals surface area contributed by atoms with Crippen molar-refractivity contribution in [2.75, 3.05) is 17.7 Å². The lowest BCUT2D eigenvalue weighted by Gasteiger charge is -2.20. The van der Waals surface area contributed by atoms with E-state index >= 15 is 0 Å². The van der Waals surface area contributed by atoms with Gasteiger partial charge in [-0.1, -0.05) is 19.3 Å². The molecule has 1 saturated carbocycles. The highest BCUT2D eigenvalue weighted by atomic mass is 32.1. The van der Waals surface area contributed by atoms with E-state index < -0.39 is 0 Å². The van der Waals surface area contributed by atoms with E-state index in [2.05, 4.69) is 10.6 Å². The number of rotatable bonds is 5. The zero-order chi connectivity index (χ0) is 19.5. The molecule has 2 aliphatic carbocycles. The molecule has 1 aromatic carbocycles. The van der Waals surface area contributed by atoms with E-state index in [-0.39, 0.29) is 17.7 Å². The third-order valence-electron chi connectivity index (χ3n) is 5.71. The minimum Gasteiger partial charge on any atom is -0.497 e. The smallest absolute Gasteiger partial charge is 0.258 e. The summed E-state index contributed by atoms with van der Waals surface area (Å²) in [4.78, 5) is 27.1. The van der Waals surface area contributed by atoms with Crippen LogP contribution in [0.5, 0.6) is 5.75 Å². The number of anilines is 2. The van der Waals surface area contributed by atoms with Crippen LogP contribution in [0.1, 0.15) is 59.3 Å². The fourth-order valence-electron chi connectivity index (χ4n) is 4.18. The van der Waals surface area contributed by atoms with E-state index in [1.165, 1.54) is 11.3 Å². The Hall–Kier alpha value is -2.34. The van der Waals surface area contributed by atoms with Gasteiger partial charge in [-0.25, -0.2) is 0 Å².